The third-order valence-corrected chi connectivity index (χ3v) is 4.66. The highest BCUT2D eigenvalue weighted by molar-refractivity contribution is 7.87. The number of rotatable bonds is 10. The van der Waals surface area contributed by atoms with E-state index >= 15 is 0 Å². The van der Waals surface area contributed by atoms with Crippen LogP contribution >= 0.6 is 0 Å². The van der Waals surface area contributed by atoms with E-state index in [4.69, 9.17) is 9.11 Å². The molecule has 0 aliphatic rings. The summed E-state index contributed by atoms with van der Waals surface area (Å²) in [6.07, 6.45) is -18.3. The van der Waals surface area contributed by atoms with Gasteiger partial charge in [0.15, 0.2) is 0 Å². The zero-order valence-electron chi connectivity index (χ0n) is 13.0. The minimum atomic E-state index is -6.75. The molecule has 2 N–H and O–H groups in total. The van der Waals surface area contributed by atoms with E-state index in [2.05, 4.69) is 9.47 Å². The Kier molecular flexibility index (Phi) is 7.31. The van der Waals surface area contributed by atoms with Gasteiger partial charge >= 0.3 is 43.0 Å². The molecule has 0 radical (unpaired) electrons. The zero-order chi connectivity index (χ0) is 22.3. The van der Waals surface area contributed by atoms with E-state index in [9.17, 15) is 52.0 Å². The van der Waals surface area contributed by atoms with E-state index in [1.165, 1.54) is 0 Å². The summed E-state index contributed by atoms with van der Waals surface area (Å²) in [5, 5.41) is -12.5. The third-order valence-electron chi connectivity index (χ3n) is 2.88. The topological polar surface area (TPSA) is 127 Å². The SMILES string of the molecule is CCC(OC(F)(F)C(F)(F)S(=O)(=O)O)C(C)OC(F)(F)C(F)(F)S(=O)(=O)O. The molecule has 0 aliphatic heterocycles. The first-order valence-electron chi connectivity index (χ1n) is 6.36. The summed E-state index contributed by atoms with van der Waals surface area (Å²) >= 11 is 0. The zero-order valence-corrected chi connectivity index (χ0v) is 14.7. The fourth-order valence-corrected chi connectivity index (χ4v) is 2.14. The molecule has 2 atom stereocenters. The molecule has 27 heavy (non-hydrogen) atoms. The molecule has 8 nitrogen and oxygen atoms in total. The first-order chi connectivity index (χ1) is 11.5. The van der Waals surface area contributed by atoms with Crippen LogP contribution in [-0.2, 0) is 29.7 Å². The van der Waals surface area contributed by atoms with Gasteiger partial charge in [-0.2, -0.15) is 52.0 Å². The average molecular weight is 464 g/mol. The molecule has 0 spiro atoms. The summed E-state index contributed by atoms with van der Waals surface area (Å²) in [4.78, 5) is 0. The largest absolute Gasteiger partial charge is 0.459 e. The third kappa shape index (κ3) is 5.17. The Labute approximate surface area is 146 Å². The molecule has 164 valence electrons. The van der Waals surface area contributed by atoms with Gasteiger partial charge in [0.25, 0.3) is 0 Å². The van der Waals surface area contributed by atoms with Crippen LogP contribution in [0.25, 0.3) is 0 Å². The Balaban J connectivity index is 5.66. The highest BCUT2D eigenvalue weighted by Crippen LogP contribution is 2.43. The maximum atomic E-state index is 13.3. The molecule has 0 saturated heterocycles. The molecule has 0 bridgehead atoms. The van der Waals surface area contributed by atoms with Crippen molar-refractivity contribution in [1.29, 1.82) is 0 Å². The predicted octanol–water partition coefficient (Wildman–Crippen LogP) is 2.33. The maximum Gasteiger partial charge on any atom is 0.459 e. The van der Waals surface area contributed by atoms with E-state index in [-0.39, 0.29) is 0 Å². The maximum absolute atomic E-state index is 13.3. The molecule has 0 fully saturated rings. The van der Waals surface area contributed by atoms with Crippen molar-refractivity contribution in [2.75, 3.05) is 0 Å². The van der Waals surface area contributed by atoms with Gasteiger partial charge in [-0.3, -0.25) is 9.11 Å². The fraction of sp³-hybridized carbons (Fsp3) is 1.00. The molecular weight excluding hydrogens is 452 g/mol. The monoisotopic (exact) mass is 464 g/mol. The lowest BCUT2D eigenvalue weighted by atomic mass is 10.2. The predicted molar refractivity (Wildman–Crippen MR) is 68.6 cm³/mol. The van der Waals surface area contributed by atoms with Gasteiger partial charge in [0, 0.05) is 0 Å². The normalized spacial score (nSPS) is 17.6. The van der Waals surface area contributed by atoms with E-state index in [0.717, 1.165) is 6.92 Å². The van der Waals surface area contributed by atoms with Crippen LogP contribution in [0.2, 0.25) is 0 Å². The minimum Gasteiger partial charge on any atom is -0.309 e. The van der Waals surface area contributed by atoms with E-state index in [1.807, 2.05) is 0 Å². The second-order valence-electron chi connectivity index (χ2n) is 4.90. The molecule has 0 rings (SSSR count). The highest BCUT2D eigenvalue weighted by atomic mass is 32.2. The molecule has 0 heterocycles. The molecule has 0 aromatic heterocycles. The molecule has 0 amide bonds. The summed E-state index contributed by atoms with van der Waals surface area (Å²) in [5.74, 6) is 0. The Hall–Kier alpha value is -0.820. The van der Waals surface area contributed by atoms with Crippen molar-refractivity contribution in [3.05, 3.63) is 0 Å². The van der Waals surface area contributed by atoms with E-state index < -0.39 is 61.6 Å². The summed E-state index contributed by atoms with van der Waals surface area (Å²) in [5.41, 5.74) is 0. The van der Waals surface area contributed by atoms with Crippen LogP contribution in [0, 0.1) is 0 Å². The smallest absolute Gasteiger partial charge is 0.309 e. The van der Waals surface area contributed by atoms with Crippen molar-refractivity contribution in [2.45, 2.75) is 55.2 Å². The molecule has 2 unspecified atom stereocenters. The van der Waals surface area contributed by atoms with Crippen LogP contribution < -0.4 is 0 Å². The molecule has 18 heteroatoms. The van der Waals surface area contributed by atoms with Crippen molar-refractivity contribution in [1.82, 2.24) is 0 Å². The second kappa shape index (κ2) is 7.54. The Bertz CT molecular complexity index is 735. The standard InChI is InChI=1S/C9H12F8O8S2/c1-3-5(25-7(12,13)9(16,17)27(21,22)23)4(2)24-6(10,11)8(14,15)26(18,19)20/h4-5H,3H2,1-2H3,(H,18,19,20)(H,21,22,23). The summed E-state index contributed by atoms with van der Waals surface area (Å²) in [6.45, 7) is 1.11. The summed E-state index contributed by atoms with van der Waals surface area (Å²) in [7, 11) is -13.5. The van der Waals surface area contributed by atoms with Gasteiger partial charge in [0.05, 0.1) is 12.2 Å². The number of hydrogen-bond donors (Lipinski definition) is 2. The van der Waals surface area contributed by atoms with Crippen molar-refractivity contribution < 1.29 is 70.5 Å². The first kappa shape index (κ1) is 26.2. The van der Waals surface area contributed by atoms with Crippen molar-refractivity contribution in [3.8, 4) is 0 Å². The minimum absolute atomic E-state index is 0.295. The van der Waals surface area contributed by atoms with E-state index in [0.29, 0.717) is 6.92 Å². The van der Waals surface area contributed by atoms with Gasteiger partial charge in [-0.05, 0) is 13.3 Å². The number of hydrogen-bond acceptors (Lipinski definition) is 6. The number of halogens is 8. The Morgan fingerprint density at radius 1 is 0.778 bits per heavy atom. The Morgan fingerprint density at radius 3 is 1.33 bits per heavy atom. The molecule has 0 saturated carbocycles. The van der Waals surface area contributed by atoms with Crippen LogP contribution in [0.15, 0.2) is 0 Å². The second-order valence-corrected chi connectivity index (χ2v) is 7.83. The van der Waals surface area contributed by atoms with Crippen LogP contribution in [0.4, 0.5) is 35.1 Å². The van der Waals surface area contributed by atoms with Crippen LogP contribution in [0.1, 0.15) is 20.3 Å². The lowest BCUT2D eigenvalue weighted by Crippen LogP contribution is -2.54. The van der Waals surface area contributed by atoms with Crippen molar-refractivity contribution in [2.24, 2.45) is 0 Å². The quantitative estimate of drug-likeness (QED) is 0.373. The van der Waals surface area contributed by atoms with E-state index in [1.54, 1.807) is 0 Å². The Morgan fingerprint density at radius 2 is 1.07 bits per heavy atom. The van der Waals surface area contributed by atoms with Crippen LogP contribution in [0.3, 0.4) is 0 Å². The summed E-state index contributed by atoms with van der Waals surface area (Å²) < 4.78 is 169. The van der Waals surface area contributed by atoms with Gasteiger partial charge in [-0.1, -0.05) is 6.92 Å². The lowest BCUT2D eigenvalue weighted by Gasteiger charge is -2.33. The van der Waals surface area contributed by atoms with Crippen molar-refractivity contribution >= 4 is 20.2 Å². The number of alkyl halides is 8. The lowest BCUT2D eigenvalue weighted by molar-refractivity contribution is -0.374. The molecule has 0 aromatic carbocycles. The molecular formula is C9H12F8O8S2. The first-order valence-corrected chi connectivity index (χ1v) is 9.24. The van der Waals surface area contributed by atoms with Gasteiger partial charge in [-0.15, -0.1) is 0 Å². The van der Waals surface area contributed by atoms with Crippen LogP contribution in [-0.4, -0.2) is 60.9 Å². The molecule has 0 aromatic rings. The van der Waals surface area contributed by atoms with Gasteiger partial charge in [0.1, 0.15) is 0 Å². The van der Waals surface area contributed by atoms with Gasteiger partial charge in [0.2, 0.25) is 0 Å². The fourth-order valence-electron chi connectivity index (χ4n) is 1.45. The molecule has 0 aliphatic carbocycles. The summed E-state index contributed by atoms with van der Waals surface area (Å²) in [6, 6.07) is 0. The van der Waals surface area contributed by atoms with Gasteiger partial charge < -0.3 is 9.47 Å². The average Bonchev–Trinajstić information content (AvgIpc) is 2.41. The number of ether oxygens (including phenoxy) is 2. The van der Waals surface area contributed by atoms with Crippen LogP contribution in [0.5, 0.6) is 0 Å². The van der Waals surface area contributed by atoms with Gasteiger partial charge in [-0.25, -0.2) is 0 Å². The van der Waals surface area contributed by atoms with Crippen molar-refractivity contribution in [3.63, 3.8) is 0 Å². The highest BCUT2D eigenvalue weighted by Gasteiger charge is 2.70.